The van der Waals surface area contributed by atoms with Crippen molar-refractivity contribution < 1.29 is 15.0 Å². The lowest BCUT2D eigenvalue weighted by atomic mass is 10.0. The van der Waals surface area contributed by atoms with E-state index in [9.17, 15) is 9.90 Å². The molecule has 0 spiro atoms. The van der Waals surface area contributed by atoms with Gasteiger partial charge in [0.1, 0.15) is 0 Å². The number of aliphatic hydroxyl groups is 1. The van der Waals surface area contributed by atoms with Crippen molar-refractivity contribution in [1.29, 1.82) is 0 Å². The third-order valence-electron chi connectivity index (χ3n) is 2.35. The van der Waals surface area contributed by atoms with Crippen LogP contribution in [-0.2, 0) is 11.2 Å². The number of carbonyl (C=O) groups is 1. The Balaban J connectivity index is 2.30. The number of aryl methyl sites for hydroxylation is 1. The Morgan fingerprint density at radius 1 is 1.38 bits per heavy atom. The Morgan fingerprint density at radius 2 is 2.06 bits per heavy atom. The molecule has 1 aromatic rings. The largest absolute Gasteiger partial charge is 0.481 e. The Labute approximate surface area is 103 Å². The van der Waals surface area contributed by atoms with Gasteiger partial charge in [0.15, 0.2) is 0 Å². The fourth-order valence-corrected chi connectivity index (χ4v) is 2.02. The number of carboxylic acids is 1. The topological polar surface area (TPSA) is 57.5 Å². The van der Waals surface area contributed by atoms with Crippen molar-refractivity contribution in [2.24, 2.45) is 0 Å². The molecule has 1 aromatic carbocycles. The second-order valence-electron chi connectivity index (χ2n) is 3.74. The van der Waals surface area contributed by atoms with Gasteiger partial charge in [0.05, 0.1) is 12.5 Å². The minimum atomic E-state index is -0.951. The molecule has 0 aliphatic carbocycles. The zero-order chi connectivity index (χ0) is 12.0. The zero-order valence-electron chi connectivity index (χ0n) is 8.90. The van der Waals surface area contributed by atoms with Crippen LogP contribution >= 0.6 is 15.9 Å². The first-order valence-electron chi connectivity index (χ1n) is 5.23. The number of rotatable bonds is 6. The van der Waals surface area contributed by atoms with Gasteiger partial charge in [-0.15, -0.1) is 0 Å². The molecule has 0 saturated heterocycles. The zero-order valence-corrected chi connectivity index (χ0v) is 10.5. The van der Waals surface area contributed by atoms with Gasteiger partial charge in [-0.3, -0.25) is 4.79 Å². The predicted molar refractivity (Wildman–Crippen MR) is 65.3 cm³/mol. The number of hydrogen-bond donors (Lipinski definition) is 2. The molecular formula is C12H15BrO3. The van der Waals surface area contributed by atoms with Crippen molar-refractivity contribution in [3.05, 3.63) is 34.3 Å². The number of halogens is 1. The predicted octanol–water partition coefficient (Wildman–Crippen LogP) is 2.61. The molecule has 0 amide bonds. The van der Waals surface area contributed by atoms with Crippen LogP contribution in [0.25, 0.3) is 0 Å². The van der Waals surface area contributed by atoms with Crippen molar-refractivity contribution in [1.82, 2.24) is 0 Å². The van der Waals surface area contributed by atoms with Crippen LogP contribution in [-0.4, -0.2) is 22.3 Å². The van der Waals surface area contributed by atoms with Gasteiger partial charge in [-0.2, -0.15) is 0 Å². The van der Waals surface area contributed by atoms with Crippen LogP contribution in [0.3, 0.4) is 0 Å². The van der Waals surface area contributed by atoms with Crippen molar-refractivity contribution in [2.45, 2.75) is 31.8 Å². The van der Waals surface area contributed by atoms with Crippen molar-refractivity contribution in [2.75, 3.05) is 0 Å². The van der Waals surface area contributed by atoms with E-state index in [-0.39, 0.29) is 6.42 Å². The van der Waals surface area contributed by atoms with Crippen LogP contribution in [0.4, 0.5) is 0 Å². The number of aliphatic hydroxyl groups excluding tert-OH is 1. The molecule has 0 aliphatic heterocycles. The van der Waals surface area contributed by atoms with Gasteiger partial charge in [0, 0.05) is 4.47 Å². The summed E-state index contributed by atoms with van der Waals surface area (Å²) in [6.45, 7) is 0. The summed E-state index contributed by atoms with van der Waals surface area (Å²) < 4.78 is 1.06. The van der Waals surface area contributed by atoms with Gasteiger partial charge in [0.2, 0.25) is 0 Å². The lowest BCUT2D eigenvalue weighted by Gasteiger charge is -2.08. The summed E-state index contributed by atoms with van der Waals surface area (Å²) >= 11 is 3.45. The van der Waals surface area contributed by atoms with E-state index in [0.717, 1.165) is 17.3 Å². The highest BCUT2D eigenvalue weighted by Gasteiger charge is 2.09. The minimum Gasteiger partial charge on any atom is -0.481 e. The van der Waals surface area contributed by atoms with Gasteiger partial charge >= 0.3 is 5.97 Å². The highest BCUT2D eigenvalue weighted by molar-refractivity contribution is 9.10. The van der Waals surface area contributed by atoms with Crippen molar-refractivity contribution in [3.8, 4) is 0 Å². The van der Waals surface area contributed by atoms with E-state index in [1.54, 1.807) is 0 Å². The smallest absolute Gasteiger partial charge is 0.305 e. The fraction of sp³-hybridized carbons (Fsp3) is 0.417. The monoisotopic (exact) mass is 286 g/mol. The van der Waals surface area contributed by atoms with E-state index in [0.29, 0.717) is 6.42 Å². The van der Waals surface area contributed by atoms with E-state index >= 15 is 0 Å². The van der Waals surface area contributed by atoms with E-state index in [1.165, 1.54) is 5.56 Å². The van der Waals surface area contributed by atoms with Crippen LogP contribution in [0, 0.1) is 0 Å². The average Bonchev–Trinajstić information content (AvgIpc) is 2.19. The summed E-state index contributed by atoms with van der Waals surface area (Å²) in [7, 11) is 0. The van der Waals surface area contributed by atoms with Gasteiger partial charge < -0.3 is 10.2 Å². The third kappa shape index (κ3) is 4.77. The molecule has 1 atom stereocenters. The normalized spacial score (nSPS) is 12.4. The maximum atomic E-state index is 10.3. The summed E-state index contributed by atoms with van der Waals surface area (Å²) in [5.74, 6) is -0.951. The van der Waals surface area contributed by atoms with Crippen LogP contribution < -0.4 is 0 Å². The maximum Gasteiger partial charge on any atom is 0.305 e. The average molecular weight is 287 g/mol. The number of hydrogen-bond acceptors (Lipinski definition) is 2. The molecule has 0 aliphatic rings. The lowest BCUT2D eigenvalue weighted by molar-refractivity contribution is -0.139. The van der Waals surface area contributed by atoms with Crippen LogP contribution in [0.1, 0.15) is 24.8 Å². The maximum absolute atomic E-state index is 10.3. The Bertz CT molecular complexity index is 352. The van der Waals surface area contributed by atoms with E-state index in [4.69, 9.17) is 5.11 Å². The first-order chi connectivity index (χ1) is 7.59. The Kier molecular flexibility index (Phi) is 5.49. The molecule has 3 nitrogen and oxygen atoms in total. The van der Waals surface area contributed by atoms with Crippen molar-refractivity contribution in [3.63, 3.8) is 0 Å². The lowest BCUT2D eigenvalue weighted by Crippen LogP contribution is -2.12. The summed E-state index contributed by atoms with van der Waals surface area (Å²) in [6.07, 6.45) is 1.25. The molecular weight excluding hydrogens is 272 g/mol. The minimum absolute atomic E-state index is 0.171. The first-order valence-corrected chi connectivity index (χ1v) is 6.02. The fourth-order valence-electron chi connectivity index (χ4n) is 1.53. The number of benzene rings is 1. The standard InChI is InChI=1S/C12H15BrO3/c13-11-7-2-1-4-9(11)5-3-6-10(14)8-12(15)16/h1-2,4,7,10,14H,3,5-6,8H2,(H,15,16)/t10-/m1/s1. The Hall–Kier alpha value is -0.870. The molecule has 0 bridgehead atoms. The number of aliphatic carboxylic acids is 1. The van der Waals surface area contributed by atoms with E-state index < -0.39 is 12.1 Å². The number of carboxylic acid groups (broad SMARTS) is 1. The van der Waals surface area contributed by atoms with Crippen LogP contribution in [0.2, 0.25) is 0 Å². The first kappa shape index (κ1) is 13.2. The molecule has 16 heavy (non-hydrogen) atoms. The van der Waals surface area contributed by atoms with E-state index in [1.807, 2.05) is 24.3 Å². The van der Waals surface area contributed by atoms with Gasteiger partial charge in [-0.05, 0) is 30.9 Å². The molecule has 0 aromatic heterocycles. The molecule has 0 unspecified atom stereocenters. The van der Waals surface area contributed by atoms with Crippen LogP contribution in [0.5, 0.6) is 0 Å². The Morgan fingerprint density at radius 3 is 2.69 bits per heavy atom. The van der Waals surface area contributed by atoms with Gasteiger partial charge in [0.25, 0.3) is 0 Å². The summed E-state index contributed by atoms with van der Waals surface area (Å²) in [4.78, 5) is 10.3. The molecule has 88 valence electrons. The van der Waals surface area contributed by atoms with Gasteiger partial charge in [-0.25, -0.2) is 0 Å². The molecule has 0 heterocycles. The van der Waals surface area contributed by atoms with Crippen LogP contribution in [0.15, 0.2) is 28.7 Å². The quantitative estimate of drug-likeness (QED) is 0.845. The third-order valence-corrected chi connectivity index (χ3v) is 3.13. The molecule has 2 N–H and O–H groups in total. The van der Waals surface area contributed by atoms with Gasteiger partial charge in [-0.1, -0.05) is 34.1 Å². The molecule has 1 rings (SSSR count). The molecule has 0 radical (unpaired) electrons. The molecule has 4 heteroatoms. The van der Waals surface area contributed by atoms with Crippen molar-refractivity contribution >= 4 is 21.9 Å². The SMILES string of the molecule is O=C(O)C[C@H](O)CCCc1ccccc1Br. The summed E-state index contributed by atoms with van der Waals surface area (Å²) in [5.41, 5.74) is 1.19. The van der Waals surface area contributed by atoms with E-state index in [2.05, 4.69) is 15.9 Å². The molecule has 0 saturated carbocycles. The summed E-state index contributed by atoms with van der Waals surface area (Å²) in [5, 5.41) is 17.9. The second kappa shape index (κ2) is 6.66. The second-order valence-corrected chi connectivity index (χ2v) is 4.59. The highest BCUT2D eigenvalue weighted by atomic mass is 79.9. The summed E-state index contributed by atoms with van der Waals surface area (Å²) in [6, 6.07) is 7.91. The highest BCUT2D eigenvalue weighted by Crippen LogP contribution is 2.18. The molecule has 0 fully saturated rings.